The standard InChI is InChI=1S/C21H19N5O5/c1-3-31-21(28)15-7-5-9-17(11-15)25-20-18(26(29)30)19(22-12-23-20)24-16-8-4-6-14(10-16)13(2)27/h4-12H,3H2,1-2H3,(H2,22,23,24,25). The van der Waals surface area contributed by atoms with Gasteiger partial charge < -0.3 is 15.4 Å². The Hall–Kier alpha value is -4.34. The van der Waals surface area contributed by atoms with Crippen LogP contribution in [0, 0.1) is 10.1 Å². The number of hydrogen-bond donors (Lipinski definition) is 2. The van der Waals surface area contributed by atoms with Crippen molar-refractivity contribution >= 4 is 40.5 Å². The monoisotopic (exact) mass is 421 g/mol. The number of benzene rings is 2. The van der Waals surface area contributed by atoms with Crippen molar-refractivity contribution in [3.63, 3.8) is 0 Å². The molecule has 3 rings (SSSR count). The third-order valence-electron chi connectivity index (χ3n) is 4.17. The summed E-state index contributed by atoms with van der Waals surface area (Å²) < 4.78 is 4.97. The number of carbonyl (C=O) groups excluding carboxylic acids is 2. The lowest BCUT2D eigenvalue weighted by molar-refractivity contribution is -0.383. The molecule has 10 heteroatoms. The minimum absolute atomic E-state index is 0.0512. The molecule has 0 radical (unpaired) electrons. The zero-order valence-electron chi connectivity index (χ0n) is 16.8. The molecular weight excluding hydrogens is 402 g/mol. The number of nitrogens with one attached hydrogen (secondary N) is 2. The van der Waals surface area contributed by atoms with Crippen LogP contribution in [-0.4, -0.2) is 33.3 Å². The number of esters is 1. The predicted octanol–water partition coefficient (Wildman–Crippen LogP) is 4.25. The fourth-order valence-electron chi connectivity index (χ4n) is 2.76. The van der Waals surface area contributed by atoms with Gasteiger partial charge >= 0.3 is 11.7 Å². The Morgan fingerprint density at radius 3 is 2.06 bits per heavy atom. The molecule has 0 fully saturated rings. The third kappa shape index (κ3) is 5.18. The highest BCUT2D eigenvalue weighted by Crippen LogP contribution is 2.33. The molecule has 0 bridgehead atoms. The van der Waals surface area contributed by atoms with Crippen LogP contribution in [-0.2, 0) is 4.74 Å². The maximum atomic E-state index is 11.9. The van der Waals surface area contributed by atoms with Crippen molar-refractivity contribution in [1.82, 2.24) is 9.97 Å². The number of anilines is 4. The van der Waals surface area contributed by atoms with Gasteiger partial charge in [0.15, 0.2) is 5.78 Å². The van der Waals surface area contributed by atoms with Crippen molar-refractivity contribution in [2.24, 2.45) is 0 Å². The molecule has 1 aromatic heterocycles. The first-order valence-corrected chi connectivity index (χ1v) is 9.30. The van der Waals surface area contributed by atoms with E-state index >= 15 is 0 Å². The Bertz CT molecular complexity index is 1150. The molecular formula is C21H19N5O5. The van der Waals surface area contributed by atoms with Crippen molar-refractivity contribution in [2.45, 2.75) is 13.8 Å². The van der Waals surface area contributed by atoms with Crippen LogP contribution >= 0.6 is 0 Å². The van der Waals surface area contributed by atoms with Crippen LogP contribution < -0.4 is 10.6 Å². The first kappa shape index (κ1) is 21.4. The van der Waals surface area contributed by atoms with Gasteiger partial charge in [0, 0.05) is 16.9 Å². The summed E-state index contributed by atoms with van der Waals surface area (Å²) in [6, 6.07) is 12.9. The van der Waals surface area contributed by atoms with E-state index in [1.165, 1.54) is 19.3 Å². The summed E-state index contributed by atoms with van der Waals surface area (Å²) in [5.74, 6) is -0.753. The molecule has 1 heterocycles. The minimum atomic E-state index is -0.616. The van der Waals surface area contributed by atoms with Gasteiger partial charge in [-0.1, -0.05) is 18.2 Å². The molecule has 31 heavy (non-hydrogen) atoms. The van der Waals surface area contributed by atoms with E-state index < -0.39 is 16.6 Å². The summed E-state index contributed by atoms with van der Waals surface area (Å²) in [5, 5.41) is 17.5. The molecule has 2 aromatic carbocycles. The zero-order valence-corrected chi connectivity index (χ0v) is 16.8. The Morgan fingerprint density at radius 2 is 1.55 bits per heavy atom. The zero-order chi connectivity index (χ0) is 22.4. The predicted molar refractivity (Wildman–Crippen MR) is 114 cm³/mol. The van der Waals surface area contributed by atoms with Gasteiger partial charge in [-0.15, -0.1) is 0 Å². The van der Waals surface area contributed by atoms with E-state index in [-0.39, 0.29) is 24.0 Å². The normalized spacial score (nSPS) is 10.3. The number of ketones is 1. The van der Waals surface area contributed by atoms with Gasteiger partial charge in [-0.3, -0.25) is 14.9 Å². The number of ether oxygens (including phenoxy) is 1. The molecule has 0 unspecified atom stereocenters. The second-order valence-corrected chi connectivity index (χ2v) is 6.36. The number of rotatable bonds is 8. The Kier molecular flexibility index (Phi) is 6.51. The average Bonchev–Trinajstić information content (AvgIpc) is 2.74. The summed E-state index contributed by atoms with van der Waals surface area (Å²) in [5.41, 5.74) is 1.23. The van der Waals surface area contributed by atoms with E-state index in [1.807, 2.05) is 0 Å². The molecule has 10 nitrogen and oxygen atoms in total. The van der Waals surface area contributed by atoms with Crippen LogP contribution in [0.15, 0.2) is 54.9 Å². The van der Waals surface area contributed by atoms with Crippen molar-refractivity contribution < 1.29 is 19.2 Å². The minimum Gasteiger partial charge on any atom is -0.462 e. The van der Waals surface area contributed by atoms with Crippen LogP contribution in [0.25, 0.3) is 0 Å². The molecule has 0 saturated heterocycles. The van der Waals surface area contributed by atoms with Gasteiger partial charge in [-0.2, -0.15) is 0 Å². The lowest BCUT2D eigenvalue weighted by Crippen LogP contribution is -2.07. The maximum absolute atomic E-state index is 11.9. The van der Waals surface area contributed by atoms with E-state index in [4.69, 9.17) is 4.74 Å². The second kappa shape index (κ2) is 9.44. The Labute approximate surface area is 177 Å². The second-order valence-electron chi connectivity index (χ2n) is 6.36. The molecule has 158 valence electrons. The molecule has 0 spiro atoms. The van der Waals surface area contributed by atoms with Crippen LogP contribution in [0.4, 0.5) is 28.7 Å². The topological polar surface area (TPSA) is 136 Å². The van der Waals surface area contributed by atoms with Gasteiger partial charge in [-0.25, -0.2) is 14.8 Å². The van der Waals surface area contributed by atoms with Crippen molar-refractivity contribution in [2.75, 3.05) is 17.2 Å². The number of hydrogen-bond acceptors (Lipinski definition) is 9. The average molecular weight is 421 g/mol. The van der Waals surface area contributed by atoms with Crippen LogP contribution in [0.2, 0.25) is 0 Å². The summed E-state index contributed by atoms with van der Waals surface area (Å²) in [7, 11) is 0. The van der Waals surface area contributed by atoms with E-state index in [9.17, 15) is 19.7 Å². The first-order valence-electron chi connectivity index (χ1n) is 9.30. The van der Waals surface area contributed by atoms with Crippen molar-refractivity contribution in [3.05, 3.63) is 76.1 Å². The number of nitrogens with zero attached hydrogens (tertiary/aromatic N) is 3. The smallest absolute Gasteiger partial charge is 0.353 e. The summed E-state index contributed by atoms with van der Waals surface area (Å²) in [6.07, 6.45) is 1.17. The third-order valence-corrected chi connectivity index (χ3v) is 4.17. The fourth-order valence-corrected chi connectivity index (χ4v) is 2.76. The molecule has 0 atom stereocenters. The molecule has 0 aliphatic heterocycles. The van der Waals surface area contributed by atoms with Gasteiger partial charge in [0.05, 0.1) is 17.1 Å². The summed E-state index contributed by atoms with van der Waals surface area (Å²) >= 11 is 0. The summed E-state index contributed by atoms with van der Waals surface area (Å²) in [4.78, 5) is 42.7. The lowest BCUT2D eigenvalue weighted by atomic mass is 10.1. The van der Waals surface area contributed by atoms with E-state index in [0.29, 0.717) is 22.5 Å². The molecule has 2 N–H and O–H groups in total. The lowest BCUT2D eigenvalue weighted by Gasteiger charge is -2.11. The van der Waals surface area contributed by atoms with E-state index in [0.717, 1.165) is 0 Å². The van der Waals surface area contributed by atoms with Gasteiger partial charge in [0.25, 0.3) is 0 Å². The SMILES string of the molecule is CCOC(=O)c1cccc(Nc2ncnc(Nc3cccc(C(C)=O)c3)c2[N+](=O)[O-])c1. The van der Waals surface area contributed by atoms with E-state index in [2.05, 4.69) is 20.6 Å². The molecule has 3 aromatic rings. The van der Waals surface area contributed by atoms with Crippen LogP contribution in [0.3, 0.4) is 0 Å². The summed E-state index contributed by atoms with van der Waals surface area (Å²) in [6.45, 7) is 3.36. The Morgan fingerprint density at radius 1 is 1.00 bits per heavy atom. The highest BCUT2D eigenvalue weighted by molar-refractivity contribution is 5.95. The molecule has 0 aliphatic carbocycles. The van der Waals surface area contributed by atoms with Crippen LogP contribution in [0.1, 0.15) is 34.6 Å². The Balaban J connectivity index is 1.93. The molecule has 0 amide bonds. The van der Waals surface area contributed by atoms with Crippen molar-refractivity contribution in [1.29, 1.82) is 0 Å². The van der Waals surface area contributed by atoms with Crippen molar-refractivity contribution in [3.8, 4) is 0 Å². The number of nitro groups is 1. The quantitative estimate of drug-likeness (QED) is 0.237. The molecule has 0 saturated carbocycles. The number of aromatic nitrogens is 2. The van der Waals surface area contributed by atoms with E-state index in [1.54, 1.807) is 49.4 Å². The van der Waals surface area contributed by atoms with Crippen LogP contribution in [0.5, 0.6) is 0 Å². The van der Waals surface area contributed by atoms with Gasteiger partial charge in [0.1, 0.15) is 6.33 Å². The number of Topliss-reactive ketones (excluding diaryl/α,β-unsaturated/α-hetero) is 1. The van der Waals surface area contributed by atoms with Gasteiger partial charge in [-0.05, 0) is 44.2 Å². The number of carbonyl (C=O) groups is 2. The maximum Gasteiger partial charge on any atom is 0.353 e. The largest absolute Gasteiger partial charge is 0.462 e. The highest BCUT2D eigenvalue weighted by atomic mass is 16.6. The first-order chi connectivity index (χ1) is 14.9. The molecule has 0 aliphatic rings. The van der Waals surface area contributed by atoms with Gasteiger partial charge in [0.2, 0.25) is 11.6 Å². The fraction of sp³-hybridized carbons (Fsp3) is 0.143. The highest BCUT2D eigenvalue weighted by Gasteiger charge is 2.24.